The highest BCUT2D eigenvalue weighted by atomic mass is 32.1. The number of rotatable bonds is 3. The molecule has 1 atom stereocenters. The summed E-state index contributed by atoms with van der Waals surface area (Å²) >= 11 is 1.84. The number of hydrogen-bond donors (Lipinski definition) is 1. The molecule has 114 valence electrons. The van der Waals surface area contributed by atoms with E-state index in [1.54, 1.807) is 0 Å². The summed E-state index contributed by atoms with van der Waals surface area (Å²) in [7, 11) is 0. The van der Waals surface area contributed by atoms with Crippen LogP contribution in [-0.2, 0) is 0 Å². The van der Waals surface area contributed by atoms with E-state index >= 15 is 0 Å². The van der Waals surface area contributed by atoms with Gasteiger partial charge in [-0.2, -0.15) is 0 Å². The second-order valence-corrected chi connectivity index (χ2v) is 8.72. The van der Waals surface area contributed by atoms with E-state index in [2.05, 4.69) is 51.8 Å². The van der Waals surface area contributed by atoms with Crippen molar-refractivity contribution in [3.63, 3.8) is 0 Å². The first-order valence-electron chi connectivity index (χ1n) is 7.97. The summed E-state index contributed by atoms with van der Waals surface area (Å²) in [6.07, 6.45) is 5.38. The quantitative estimate of drug-likeness (QED) is 0.847. The molecule has 0 bridgehead atoms. The molecule has 0 saturated heterocycles. The molecule has 2 rings (SSSR count). The van der Waals surface area contributed by atoms with Crippen LogP contribution in [0.3, 0.4) is 0 Å². The normalized spacial score (nSPS) is 25.7. The molecule has 1 heterocycles. The van der Waals surface area contributed by atoms with Gasteiger partial charge in [0.05, 0.1) is 10.7 Å². The lowest BCUT2D eigenvalue weighted by Crippen LogP contribution is -2.37. The zero-order chi connectivity index (χ0) is 14.9. The smallest absolute Gasteiger partial charge is 0.0900 e. The third-order valence-corrected chi connectivity index (χ3v) is 6.03. The second kappa shape index (κ2) is 6.15. The summed E-state index contributed by atoms with van der Waals surface area (Å²) in [5, 5.41) is 5.01. The van der Waals surface area contributed by atoms with E-state index in [1.165, 1.54) is 41.3 Å². The monoisotopic (exact) mass is 294 g/mol. The van der Waals surface area contributed by atoms with E-state index in [-0.39, 0.29) is 0 Å². The number of aryl methyl sites for hydroxylation is 2. The Bertz CT molecular complexity index is 436. The van der Waals surface area contributed by atoms with E-state index in [0.29, 0.717) is 17.5 Å². The predicted molar refractivity (Wildman–Crippen MR) is 88.3 cm³/mol. The first-order valence-corrected chi connectivity index (χ1v) is 8.79. The minimum Gasteiger partial charge on any atom is -0.307 e. The Labute approximate surface area is 128 Å². The molecule has 0 radical (unpaired) electrons. The lowest BCUT2D eigenvalue weighted by molar-refractivity contribution is 0.157. The van der Waals surface area contributed by atoms with Gasteiger partial charge in [0, 0.05) is 17.0 Å². The molecular weight excluding hydrogens is 264 g/mol. The predicted octanol–water partition coefficient (Wildman–Crippen LogP) is 5.02. The van der Waals surface area contributed by atoms with Gasteiger partial charge in [-0.05, 0) is 57.8 Å². The van der Waals surface area contributed by atoms with Crippen LogP contribution in [0.15, 0.2) is 0 Å². The first kappa shape index (κ1) is 16.0. The van der Waals surface area contributed by atoms with Gasteiger partial charge >= 0.3 is 0 Å². The van der Waals surface area contributed by atoms with Gasteiger partial charge in [0.1, 0.15) is 0 Å². The highest BCUT2D eigenvalue weighted by Gasteiger charge is 2.30. The Balaban J connectivity index is 1.88. The van der Waals surface area contributed by atoms with Crippen molar-refractivity contribution in [3.05, 3.63) is 15.6 Å². The molecule has 0 amide bonds. The summed E-state index contributed by atoms with van der Waals surface area (Å²) in [5.41, 5.74) is 1.68. The van der Waals surface area contributed by atoms with Crippen molar-refractivity contribution >= 4 is 11.3 Å². The number of aromatic nitrogens is 1. The fourth-order valence-electron chi connectivity index (χ4n) is 3.50. The van der Waals surface area contributed by atoms with Crippen LogP contribution in [0.5, 0.6) is 0 Å². The van der Waals surface area contributed by atoms with Crippen LogP contribution in [0.2, 0.25) is 0 Å². The SMILES string of the molecule is Cc1nc(C)c(C(C)NC2CCC(C(C)(C)C)CC2)s1. The second-order valence-electron chi connectivity index (χ2n) is 7.49. The van der Waals surface area contributed by atoms with Crippen LogP contribution in [-0.4, -0.2) is 11.0 Å². The molecule has 0 spiro atoms. The zero-order valence-corrected chi connectivity index (χ0v) is 14.7. The molecule has 1 N–H and O–H groups in total. The fraction of sp³-hybridized carbons (Fsp3) is 0.824. The molecule has 1 saturated carbocycles. The molecule has 20 heavy (non-hydrogen) atoms. The van der Waals surface area contributed by atoms with Crippen molar-refractivity contribution in [2.45, 2.75) is 79.3 Å². The van der Waals surface area contributed by atoms with Crippen molar-refractivity contribution in [1.82, 2.24) is 10.3 Å². The molecule has 1 aliphatic rings. The number of nitrogens with one attached hydrogen (secondary N) is 1. The summed E-state index contributed by atoms with van der Waals surface area (Å²) < 4.78 is 0. The number of nitrogens with zero attached hydrogens (tertiary/aromatic N) is 1. The number of hydrogen-bond acceptors (Lipinski definition) is 3. The molecule has 2 nitrogen and oxygen atoms in total. The maximum Gasteiger partial charge on any atom is 0.0900 e. The highest BCUT2D eigenvalue weighted by Crippen LogP contribution is 2.38. The van der Waals surface area contributed by atoms with Gasteiger partial charge in [-0.1, -0.05) is 20.8 Å². The van der Waals surface area contributed by atoms with E-state index in [0.717, 1.165) is 5.92 Å². The van der Waals surface area contributed by atoms with Crippen LogP contribution in [0.4, 0.5) is 0 Å². The lowest BCUT2D eigenvalue weighted by atomic mass is 9.71. The first-order chi connectivity index (χ1) is 9.27. The summed E-state index contributed by atoms with van der Waals surface area (Å²) in [6, 6.07) is 1.13. The van der Waals surface area contributed by atoms with Crippen molar-refractivity contribution in [2.75, 3.05) is 0 Å². The molecule has 1 aliphatic carbocycles. The highest BCUT2D eigenvalue weighted by molar-refractivity contribution is 7.11. The minimum absolute atomic E-state index is 0.442. The maximum atomic E-state index is 4.55. The van der Waals surface area contributed by atoms with Crippen molar-refractivity contribution in [3.8, 4) is 0 Å². The van der Waals surface area contributed by atoms with Crippen LogP contribution in [0.1, 0.15) is 75.0 Å². The fourth-order valence-corrected chi connectivity index (χ4v) is 4.44. The Hall–Kier alpha value is -0.410. The van der Waals surface area contributed by atoms with Crippen LogP contribution in [0, 0.1) is 25.2 Å². The van der Waals surface area contributed by atoms with Gasteiger partial charge < -0.3 is 5.32 Å². The lowest BCUT2D eigenvalue weighted by Gasteiger charge is -2.38. The van der Waals surface area contributed by atoms with Gasteiger partial charge in [0.15, 0.2) is 0 Å². The summed E-state index contributed by atoms with van der Waals surface area (Å²) in [5.74, 6) is 0.892. The minimum atomic E-state index is 0.442. The van der Waals surface area contributed by atoms with E-state index in [1.807, 2.05) is 11.3 Å². The Morgan fingerprint density at radius 2 is 1.75 bits per heavy atom. The molecular formula is C17H30N2S. The summed E-state index contributed by atoms with van der Waals surface area (Å²) in [6.45, 7) is 13.7. The molecule has 3 heteroatoms. The maximum absolute atomic E-state index is 4.55. The Kier molecular flexibility index (Phi) is 4.91. The van der Waals surface area contributed by atoms with Crippen molar-refractivity contribution in [2.24, 2.45) is 11.3 Å². The molecule has 1 unspecified atom stereocenters. The van der Waals surface area contributed by atoms with Crippen LogP contribution >= 0.6 is 11.3 Å². The molecule has 0 aromatic carbocycles. The molecule has 1 aromatic heterocycles. The largest absolute Gasteiger partial charge is 0.307 e. The molecule has 1 fully saturated rings. The number of thiazole rings is 1. The average Bonchev–Trinajstić information content (AvgIpc) is 2.68. The van der Waals surface area contributed by atoms with E-state index in [4.69, 9.17) is 0 Å². The van der Waals surface area contributed by atoms with Gasteiger partial charge in [-0.25, -0.2) is 4.98 Å². The van der Waals surface area contributed by atoms with Gasteiger partial charge in [0.25, 0.3) is 0 Å². The van der Waals surface area contributed by atoms with Crippen LogP contribution in [0.25, 0.3) is 0 Å². The van der Waals surface area contributed by atoms with E-state index in [9.17, 15) is 0 Å². The molecule has 0 aliphatic heterocycles. The standard InChI is InChI=1S/C17H30N2S/c1-11-16(20-13(3)18-11)12(2)19-15-9-7-14(8-10-15)17(4,5)6/h12,14-15,19H,7-10H2,1-6H3. The van der Waals surface area contributed by atoms with Gasteiger partial charge in [-0.3, -0.25) is 0 Å². The van der Waals surface area contributed by atoms with Crippen molar-refractivity contribution in [1.29, 1.82) is 0 Å². The van der Waals surface area contributed by atoms with Gasteiger partial charge in [0.2, 0.25) is 0 Å². The van der Waals surface area contributed by atoms with Crippen molar-refractivity contribution < 1.29 is 0 Å². The Morgan fingerprint density at radius 3 is 2.20 bits per heavy atom. The average molecular weight is 295 g/mol. The Morgan fingerprint density at radius 1 is 1.15 bits per heavy atom. The zero-order valence-electron chi connectivity index (χ0n) is 13.9. The third-order valence-electron chi connectivity index (χ3n) is 4.77. The van der Waals surface area contributed by atoms with E-state index < -0.39 is 0 Å². The van der Waals surface area contributed by atoms with Gasteiger partial charge in [-0.15, -0.1) is 11.3 Å². The van der Waals surface area contributed by atoms with Crippen LogP contribution < -0.4 is 5.32 Å². The topological polar surface area (TPSA) is 24.9 Å². The molecule has 1 aromatic rings. The third kappa shape index (κ3) is 3.82. The summed E-state index contributed by atoms with van der Waals surface area (Å²) in [4.78, 5) is 5.97.